The van der Waals surface area contributed by atoms with E-state index in [0.717, 1.165) is 5.69 Å². The second-order valence-corrected chi connectivity index (χ2v) is 10.2. The molecule has 0 radical (unpaired) electrons. The van der Waals surface area contributed by atoms with Crippen molar-refractivity contribution in [3.05, 3.63) is 33.7 Å². The van der Waals surface area contributed by atoms with Crippen molar-refractivity contribution >= 4 is 14.0 Å². The summed E-state index contributed by atoms with van der Waals surface area (Å²) >= 11 is 0. The normalized spacial score (nSPS) is 10.5. The molecule has 0 atom stereocenters. The fourth-order valence-corrected chi connectivity index (χ4v) is 2.07. The molecular formula is C14H20N2O2Si. The van der Waals surface area contributed by atoms with Gasteiger partial charge in [-0.3, -0.25) is 9.59 Å². The molecule has 0 aliphatic carbocycles. The van der Waals surface area contributed by atoms with Gasteiger partial charge in [0.1, 0.15) is 13.6 Å². The summed E-state index contributed by atoms with van der Waals surface area (Å²) in [5.41, 5.74) is 3.84. The molecule has 1 aromatic rings. The van der Waals surface area contributed by atoms with Crippen LogP contribution in [0.15, 0.2) is 17.1 Å². The van der Waals surface area contributed by atoms with Gasteiger partial charge >= 0.3 is 0 Å². The van der Waals surface area contributed by atoms with Crippen LogP contribution in [0.4, 0.5) is 0 Å². The molecule has 0 aromatic carbocycles. The van der Waals surface area contributed by atoms with Gasteiger partial charge in [-0.05, 0) is 6.92 Å². The van der Waals surface area contributed by atoms with Gasteiger partial charge in [-0.25, -0.2) is 0 Å². The molecule has 5 heteroatoms. The molecular weight excluding hydrogens is 256 g/mol. The van der Waals surface area contributed by atoms with E-state index in [2.05, 4.69) is 41.4 Å². The highest BCUT2D eigenvalue weighted by atomic mass is 28.3. The van der Waals surface area contributed by atoms with Crippen molar-refractivity contribution < 1.29 is 4.79 Å². The number of aromatic amines is 1. The van der Waals surface area contributed by atoms with Crippen molar-refractivity contribution in [3.63, 3.8) is 0 Å². The van der Waals surface area contributed by atoms with Crippen molar-refractivity contribution in [3.8, 4) is 11.5 Å². The van der Waals surface area contributed by atoms with Crippen LogP contribution in [-0.2, 0) is 0 Å². The van der Waals surface area contributed by atoms with Crippen LogP contribution in [0.25, 0.3) is 0 Å². The summed E-state index contributed by atoms with van der Waals surface area (Å²) < 4.78 is 0. The maximum absolute atomic E-state index is 11.8. The topological polar surface area (TPSA) is 62.0 Å². The summed E-state index contributed by atoms with van der Waals surface area (Å²) in [4.78, 5) is 26.2. The van der Waals surface area contributed by atoms with Gasteiger partial charge in [0.2, 0.25) is 0 Å². The first kappa shape index (κ1) is 15.3. The summed E-state index contributed by atoms with van der Waals surface area (Å²) in [6, 6.07) is 1.42. The number of carbonyl (C=O) groups excluding carboxylic acids is 1. The third-order valence-electron chi connectivity index (χ3n) is 2.30. The molecule has 1 heterocycles. The van der Waals surface area contributed by atoms with Gasteiger partial charge in [0.05, 0.1) is 0 Å². The number of aromatic nitrogens is 1. The maximum atomic E-state index is 11.8. The van der Waals surface area contributed by atoms with Crippen molar-refractivity contribution in [2.45, 2.75) is 33.0 Å². The third kappa shape index (κ3) is 5.58. The number of nitrogens with one attached hydrogen (secondary N) is 2. The molecule has 0 fully saturated rings. The number of aryl methyl sites for hydroxylation is 1. The highest BCUT2D eigenvalue weighted by molar-refractivity contribution is 6.83. The Bertz CT molecular complexity index is 574. The molecule has 0 bridgehead atoms. The second-order valence-electron chi connectivity index (χ2n) is 5.45. The average Bonchev–Trinajstić information content (AvgIpc) is 2.26. The van der Waals surface area contributed by atoms with E-state index < -0.39 is 8.07 Å². The highest BCUT2D eigenvalue weighted by Gasteiger charge is 2.09. The van der Waals surface area contributed by atoms with Crippen LogP contribution < -0.4 is 10.7 Å². The quantitative estimate of drug-likeness (QED) is 0.501. The lowest BCUT2D eigenvalue weighted by Crippen LogP contribution is -2.29. The Labute approximate surface area is 114 Å². The average molecular weight is 276 g/mol. The van der Waals surface area contributed by atoms with E-state index in [1.807, 2.05) is 0 Å². The lowest BCUT2D eigenvalue weighted by Gasteiger charge is -2.04. The van der Waals surface area contributed by atoms with Gasteiger partial charge in [0, 0.05) is 30.9 Å². The van der Waals surface area contributed by atoms with E-state index in [1.165, 1.54) is 12.3 Å². The first-order chi connectivity index (χ1) is 8.79. The Kier molecular flexibility index (Phi) is 5.13. The van der Waals surface area contributed by atoms with Gasteiger partial charge in [0.15, 0.2) is 5.43 Å². The Morgan fingerprint density at radius 1 is 1.42 bits per heavy atom. The van der Waals surface area contributed by atoms with Crippen molar-refractivity contribution in [1.29, 1.82) is 0 Å². The Morgan fingerprint density at radius 3 is 2.68 bits per heavy atom. The largest absolute Gasteiger partial charge is 0.364 e. The lowest BCUT2D eigenvalue weighted by molar-refractivity contribution is 0.0953. The molecule has 4 nitrogen and oxygen atoms in total. The van der Waals surface area contributed by atoms with Crippen LogP contribution in [0, 0.1) is 18.4 Å². The van der Waals surface area contributed by atoms with E-state index in [1.54, 1.807) is 6.92 Å². The Morgan fingerprint density at radius 2 is 2.11 bits per heavy atom. The molecule has 0 aliphatic heterocycles. The van der Waals surface area contributed by atoms with Crippen LogP contribution >= 0.6 is 0 Å². The van der Waals surface area contributed by atoms with Crippen LogP contribution in [0.1, 0.15) is 22.5 Å². The number of amides is 1. The highest BCUT2D eigenvalue weighted by Crippen LogP contribution is 1.96. The first-order valence-electron chi connectivity index (χ1n) is 6.27. The number of hydrogen-bond acceptors (Lipinski definition) is 2. The molecule has 0 saturated heterocycles. The summed E-state index contributed by atoms with van der Waals surface area (Å²) in [5.74, 6) is 2.72. The molecule has 19 heavy (non-hydrogen) atoms. The molecule has 0 unspecified atom stereocenters. The predicted molar refractivity (Wildman–Crippen MR) is 79.9 cm³/mol. The van der Waals surface area contributed by atoms with Crippen LogP contribution in [0.3, 0.4) is 0 Å². The van der Waals surface area contributed by atoms with Gasteiger partial charge in [-0.1, -0.05) is 19.6 Å². The third-order valence-corrected chi connectivity index (χ3v) is 3.23. The molecule has 1 amide bonds. The number of H-pyrrole nitrogens is 1. The summed E-state index contributed by atoms with van der Waals surface area (Å²) in [6.45, 7) is 8.75. The van der Waals surface area contributed by atoms with Crippen LogP contribution in [0.2, 0.25) is 19.6 Å². The molecule has 1 rings (SSSR count). The van der Waals surface area contributed by atoms with Crippen molar-refractivity contribution in [2.24, 2.45) is 0 Å². The first-order valence-corrected chi connectivity index (χ1v) is 9.77. The fourth-order valence-electron chi connectivity index (χ4n) is 1.41. The summed E-state index contributed by atoms with van der Waals surface area (Å²) in [6.07, 6.45) is 2.06. The predicted octanol–water partition coefficient (Wildman–Crippen LogP) is 1.68. The minimum absolute atomic E-state index is 0.142. The van der Waals surface area contributed by atoms with Crippen molar-refractivity contribution in [2.75, 3.05) is 6.54 Å². The molecule has 2 N–H and O–H groups in total. The van der Waals surface area contributed by atoms with Crippen LogP contribution in [-0.4, -0.2) is 25.5 Å². The number of rotatable bonds is 3. The van der Waals surface area contributed by atoms with Crippen molar-refractivity contribution in [1.82, 2.24) is 10.3 Å². The summed E-state index contributed by atoms with van der Waals surface area (Å²) in [7, 11) is -1.34. The van der Waals surface area contributed by atoms with E-state index in [9.17, 15) is 9.59 Å². The van der Waals surface area contributed by atoms with Gasteiger partial charge in [-0.2, -0.15) is 0 Å². The number of carbonyl (C=O) groups is 1. The van der Waals surface area contributed by atoms with Gasteiger partial charge < -0.3 is 10.3 Å². The smallest absolute Gasteiger partial charge is 0.256 e. The summed E-state index contributed by atoms with van der Waals surface area (Å²) in [5, 5.41) is 2.70. The fraction of sp³-hybridized carbons (Fsp3) is 0.429. The molecule has 0 saturated carbocycles. The van der Waals surface area contributed by atoms with E-state index >= 15 is 0 Å². The Balaban J connectivity index is 2.52. The Hall–Kier alpha value is -1.80. The monoisotopic (exact) mass is 276 g/mol. The number of hydrogen-bond donors (Lipinski definition) is 2. The number of pyridine rings is 1. The zero-order valence-corrected chi connectivity index (χ0v) is 12.9. The molecule has 0 aliphatic rings. The minimum atomic E-state index is -1.34. The van der Waals surface area contributed by atoms with E-state index in [-0.39, 0.29) is 16.9 Å². The maximum Gasteiger partial charge on any atom is 0.256 e. The molecule has 102 valence electrons. The van der Waals surface area contributed by atoms with Gasteiger partial charge in [0.25, 0.3) is 5.91 Å². The second kappa shape index (κ2) is 6.39. The van der Waals surface area contributed by atoms with Gasteiger partial charge in [-0.15, -0.1) is 11.5 Å². The van der Waals surface area contributed by atoms with E-state index in [0.29, 0.717) is 13.0 Å². The molecule has 1 aromatic heterocycles. The standard InChI is InChI=1S/C14H20N2O2Si/c1-11-9-13(17)12(10-16-11)14(18)15-7-5-6-8-19(2,3)4/h9-10H,5,7H2,1-4H3,(H,15,18)(H,16,17). The van der Waals surface area contributed by atoms with Crippen LogP contribution in [0.5, 0.6) is 0 Å². The molecule has 0 spiro atoms. The zero-order chi connectivity index (χ0) is 14.5. The SMILES string of the molecule is Cc1cc(=O)c(C(=O)NCCC#C[Si](C)(C)C)c[nH]1. The lowest BCUT2D eigenvalue weighted by atomic mass is 10.2. The zero-order valence-electron chi connectivity index (χ0n) is 11.9. The minimum Gasteiger partial charge on any atom is -0.364 e. The van der Waals surface area contributed by atoms with E-state index in [4.69, 9.17) is 0 Å².